The second-order valence-electron chi connectivity index (χ2n) is 13.5. The number of nitrogens with zero attached hydrogens (tertiary/aromatic N) is 6. The van der Waals surface area contributed by atoms with Crippen molar-refractivity contribution in [3.05, 3.63) is 96.1 Å². The van der Waals surface area contributed by atoms with Crippen molar-refractivity contribution in [2.24, 2.45) is 5.73 Å². The molecule has 0 radical (unpaired) electrons. The summed E-state index contributed by atoms with van der Waals surface area (Å²) in [4.78, 5) is 26.5. The SMILES string of the molecule is Cc1cnn([C@H]2C[C@H](n3cnc4c(NCC(c5ccccc5)c5ccccc5)nc(NC5CCC(N)CC5)nc43)[C@H](OC(=O)C(F)(F)F)[C@H]2O)c1. The van der Waals surface area contributed by atoms with E-state index in [0.29, 0.717) is 29.5 Å². The summed E-state index contributed by atoms with van der Waals surface area (Å²) in [6, 6.07) is 18.6. The highest BCUT2D eigenvalue weighted by atomic mass is 19.4. The number of rotatable bonds is 10. The van der Waals surface area contributed by atoms with Gasteiger partial charge in [-0.25, -0.2) is 9.78 Å². The Hall–Kier alpha value is -5.02. The van der Waals surface area contributed by atoms with Gasteiger partial charge in [0.2, 0.25) is 5.95 Å². The monoisotopic (exact) mass is 703 g/mol. The number of nitrogens with two attached hydrogens (primary N) is 1. The van der Waals surface area contributed by atoms with Crippen LogP contribution in [0.25, 0.3) is 11.2 Å². The number of hydrogen-bond acceptors (Lipinski definition) is 10. The van der Waals surface area contributed by atoms with Crippen molar-refractivity contribution >= 4 is 28.9 Å². The minimum absolute atomic E-state index is 0.0508. The number of fused-ring (bicyclic) bond motifs is 1. The highest BCUT2D eigenvalue weighted by molar-refractivity contribution is 5.84. The lowest BCUT2D eigenvalue weighted by Crippen LogP contribution is -2.39. The first-order valence-corrected chi connectivity index (χ1v) is 17.1. The van der Waals surface area contributed by atoms with Crippen molar-refractivity contribution in [3.63, 3.8) is 0 Å². The van der Waals surface area contributed by atoms with Crippen molar-refractivity contribution in [1.29, 1.82) is 0 Å². The third kappa shape index (κ3) is 7.40. The summed E-state index contributed by atoms with van der Waals surface area (Å²) >= 11 is 0. The van der Waals surface area contributed by atoms with Crippen molar-refractivity contribution < 1.29 is 27.8 Å². The van der Waals surface area contributed by atoms with E-state index in [4.69, 9.17) is 20.4 Å². The Kier molecular flexibility index (Phi) is 9.66. The summed E-state index contributed by atoms with van der Waals surface area (Å²) in [6.45, 7) is 2.26. The fourth-order valence-corrected chi connectivity index (χ4v) is 7.25. The molecule has 3 heterocycles. The van der Waals surface area contributed by atoms with Crippen LogP contribution in [-0.4, -0.2) is 77.4 Å². The molecule has 0 unspecified atom stereocenters. The van der Waals surface area contributed by atoms with Crippen LogP contribution in [0.5, 0.6) is 0 Å². The minimum atomic E-state index is -5.26. The fourth-order valence-electron chi connectivity index (χ4n) is 7.25. The van der Waals surface area contributed by atoms with Gasteiger partial charge in [0.15, 0.2) is 23.1 Å². The van der Waals surface area contributed by atoms with E-state index in [1.165, 1.54) is 11.0 Å². The van der Waals surface area contributed by atoms with Crippen LogP contribution in [0.2, 0.25) is 0 Å². The molecule has 5 aromatic rings. The van der Waals surface area contributed by atoms with E-state index >= 15 is 0 Å². The molecule has 0 saturated heterocycles. The van der Waals surface area contributed by atoms with E-state index in [0.717, 1.165) is 42.4 Å². The first kappa shape index (κ1) is 34.4. The third-order valence-corrected chi connectivity index (χ3v) is 9.90. The molecule has 0 amide bonds. The Morgan fingerprint density at radius 2 is 1.69 bits per heavy atom. The number of alkyl halides is 3. The molecule has 268 valence electrons. The first-order valence-electron chi connectivity index (χ1n) is 17.1. The molecule has 4 atom stereocenters. The molecule has 7 rings (SSSR count). The molecule has 15 heteroatoms. The van der Waals surface area contributed by atoms with Crippen LogP contribution in [0.1, 0.15) is 66.8 Å². The molecule has 2 aliphatic carbocycles. The minimum Gasteiger partial charge on any atom is -0.451 e. The topological polar surface area (TPSA) is 158 Å². The number of benzene rings is 2. The highest BCUT2D eigenvalue weighted by Gasteiger charge is 2.51. The summed E-state index contributed by atoms with van der Waals surface area (Å²) in [5.41, 5.74) is 9.83. The number of imidazole rings is 1. The Morgan fingerprint density at radius 3 is 2.29 bits per heavy atom. The van der Waals surface area contributed by atoms with Crippen LogP contribution >= 0.6 is 0 Å². The van der Waals surface area contributed by atoms with Gasteiger partial charge < -0.3 is 30.8 Å². The normalized spacial score (nSPS) is 23.8. The molecule has 0 bridgehead atoms. The number of aliphatic hydroxyl groups is 1. The molecule has 2 aliphatic rings. The number of ether oxygens (including phenoxy) is 1. The Morgan fingerprint density at radius 1 is 1.02 bits per heavy atom. The van der Waals surface area contributed by atoms with Gasteiger partial charge in [-0.3, -0.25) is 4.68 Å². The molecule has 3 aromatic heterocycles. The largest absolute Gasteiger partial charge is 0.490 e. The number of aliphatic hydroxyl groups excluding tert-OH is 1. The Bertz CT molecular complexity index is 1910. The quantitative estimate of drug-likeness (QED) is 0.141. The maximum absolute atomic E-state index is 13.5. The molecule has 2 fully saturated rings. The van der Waals surface area contributed by atoms with E-state index in [1.807, 2.05) is 43.3 Å². The van der Waals surface area contributed by atoms with E-state index in [-0.39, 0.29) is 24.4 Å². The van der Waals surface area contributed by atoms with E-state index in [9.17, 15) is 23.1 Å². The van der Waals surface area contributed by atoms with Crippen LogP contribution < -0.4 is 16.4 Å². The summed E-state index contributed by atoms with van der Waals surface area (Å²) in [7, 11) is 0. The van der Waals surface area contributed by atoms with E-state index < -0.39 is 36.4 Å². The lowest BCUT2D eigenvalue weighted by Gasteiger charge is -2.27. The predicted octanol–water partition coefficient (Wildman–Crippen LogP) is 5.28. The van der Waals surface area contributed by atoms with Gasteiger partial charge in [0.05, 0.1) is 24.6 Å². The van der Waals surface area contributed by atoms with Crippen LogP contribution in [0, 0.1) is 6.92 Å². The van der Waals surface area contributed by atoms with Gasteiger partial charge in [0.25, 0.3) is 0 Å². The Labute approximate surface area is 292 Å². The summed E-state index contributed by atoms with van der Waals surface area (Å²) in [5, 5.41) is 22.6. The maximum atomic E-state index is 13.5. The van der Waals surface area contributed by atoms with Crippen LogP contribution in [-0.2, 0) is 9.53 Å². The molecule has 0 aliphatic heterocycles. The average Bonchev–Trinajstić information content (AvgIpc) is 3.83. The van der Waals surface area contributed by atoms with Crippen LogP contribution in [0.3, 0.4) is 0 Å². The van der Waals surface area contributed by atoms with Crippen molar-refractivity contribution in [3.8, 4) is 0 Å². The lowest BCUT2D eigenvalue weighted by molar-refractivity contribution is -0.210. The van der Waals surface area contributed by atoms with Gasteiger partial charge in [-0.1, -0.05) is 60.7 Å². The Balaban J connectivity index is 1.27. The van der Waals surface area contributed by atoms with Crippen LogP contribution in [0.15, 0.2) is 79.4 Å². The predicted molar refractivity (Wildman–Crippen MR) is 184 cm³/mol. The summed E-state index contributed by atoms with van der Waals surface area (Å²) < 4.78 is 48.5. The lowest BCUT2D eigenvalue weighted by atomic mass is 9.91. The summed E-state index contributed by atoms with van der Waals surface area (Å²) in [6.07, 6.45) is -0.188. The molecule has 0 spiro atoms. The zero-order valence-electron chi connectivity index (χ0n) is 27.9. The van der Waals surface area contributed by atoms with E-state index in [2.05, 4.69) is 45.0 Å². The molecule has 12 nitrogen and oxygen atoms in total. The van der Waals surface area contributed by atoms with Crippen molar-refractivity contribution in [1.82, 2.24) is 29.3 Å². The molecule has 51 heavy (non-hydrogen) atoms. The van der Waals surface area contributed by atoms with Crippen molar-refractivity contribution in [2.75, 3.05) is 17.2 Å². The number of carbonyl (C=O) groups excluding carboxylic acids is 1. The van der Waals surface area contributed by atoms with Crippen molar-refractivity contribution in [2.45, 2.75) is 87.5 Å². The fraction of sp³-hybridized carbons (Fsp3) is 0.417. The standard InChI is InChI=1S/C36H40F3N9O3/c1-21-17-43-48(19-21)27-16-28(31(30(27)49)51-34(50)36(37,38)39)47-20-42-29-32(45-35(46-33(29)47)44-25-14-12-24(40)13-15-25)41-18-26(22-8-4-2-5-9-22)23-10-6-3-7-11-23/h2-11,17,19-20,24-28,30-31,49H,12-16,18,40H2,1H3,(H2,41,44,45,46)/t24?,25?,27-,28-,30-,31-/m0/s1. The maximum Gasteiger partial charge on any atom is 0.490 e. The molecule has 5 N–H and O–H groups in total. The first-order chi connectivity index (χ1) is 24.5. The van der Waals surface area contributed by atoms with Gasteiger partial charge >= 0.3 is 12.1 Å². The van der Waals surface area contributed by atoms with Gasteiger partial charge in [0, 0.05) is 30.7 Å². The number of aromatic nitrogens is 6. The number of anilines is 2. The second-order valence-corrected chi connectivity index (χ2v) is 13.5. The molecule has 2 aromatic carbocycles. The zero-order chi connectivity index (χ0) is 35.7. The van der Waals surface area contributed by atoms with Gasteiger partial charge in [-0.15, -0.1) is 0 Å². The molecular weight excluding hydrogens is 663 g/mol. The number of aryl methyl sites for hydroxylation is 1. The second kappa shape index (κ2) is 14.3. The van der Waals surface area contributed by atoms with Crippen LogP contribution in [0.4, 0.5) is 24.9 Å². The summed E-state index contributed by atoms with van der Waals surface area (Å²) in [5.74, 6) is -1.71. The smallest absolute Gasteiger partial charge is 0.451 e. The third-order valence-electron chi connectivity index (χ3n) is 9.90. The van der Waals surface area contributed by atoms with Gasteiger partial charge in [-0.2, -0.15) is 28.2 Å². The van der Waals surface area contributed by atoms with E-state index in [1.54, 1.807) is 17.0 Å². The number of esters is 1. The average molecular weight is 704 g/mol. The molecule has 2 saturated carbocycles. The van der Waals surface area contributed by atoms with Gasteiger partial charge in [-0.05, 0) is 55.7 Å². The number of nitrogens with one attached hydrogen (secondary N) is 2. The number of carbonyl (C=O) groups is 1. The number of halogens is 3. The van der Waals surface area contributed by atoms with Gasteiger partial charge in [0.1, 0.15) is 6.10 Å². The number of hydrogen-bond donors (Lipinski definition) is 4. The highest BCUT2D eigenvalue weighted by Crippen LogP contribution is 2.42. The zero-order valence-corrected chi connectivity index (χ0v) is 27.9. The molecular formula is C36H40F3N9O3.